The quantitative estimate of drug-likeness (QED) is 0.736. The summed E-state index contributed by atoms with van der Waals surface area (Å²) in [6.45, 7) is 1.76. The molecule has 1 aliphatic heterocycles. The van der Waals surface area contributed by atoms with Gasteiger partial charge in [0.1, 0.15) is 0 Å². The lowest BCUT2D eigenvalue weighted by atomic mass is 9.98. The average Bonchev–Trinajstić information content (AvgIpc) is 2.39. The van der Waals surface area contributed by atoms with Crippen LogP contribution in [0.5, 0.6) is 0 Å². The van der Waals surface area contributed by atoms with Gasteiger partial charge in [-0.15, -0.1) is 0 Å². The molecule has 0 radical (unpaired) electrons. The molecule has 2 rings (SSSR count). The van der Waals surface area contributed by atoms with Gasteiger partial charge in [-0.3, -0.25) is 4.79 Å². The summed E-state index contributed by atoms with van der Waals surface area (Å²) in [6, 6.07) is 7.59. The van der Waals surface area contributed by atoms with Gasteiger partial charge in [-0.25, -0.2) is 0 Å². The third-order valence-corrected chi connectivity index (χ3v) is 4.66. The van der Waals surface area contributed by atoms with Gasteiger partial charge in [-0.1, -0.05) is 31.9 Å². The molecule has 0 bridgehead atoms. The fourth-order valence-electron chi connectivity index (χ4n) is 2.07. The Kier molecular flexibility index (Phi) is 4.62. The van der Waals surface area contributed by atoms with Crippen LogP contribution in [0.15, 0.2) is 28.7 Å². The summed E-state index contributed by atoms with van der Waals surface area (Å²) in [5, 5.41) is 1.05. The Bertz CT molecular complexity index is 383. The molecule has 1 aromatic rings. The molecule has 92 valence electrons. The van der Waals surface area contributed by atoms with Crippen molar-refractivity contribution in [2.75, 3.05) is 18.4 Å². The van der Waals surface area contributed by atoms with Crippen molar-refractivity contribution in [2.45, 2.75) is 12.8 Å². The van der Waals surface area contributed by atoms with Gasteiger partial charge in [0.15, 0.2) is 0 Å². The Labute approximate surface area is 119 Å². The number of carbonyl (C=O) groups is 1. The lowest BCUT2D eigenvalue weighted by molar-refractivity contribution is 0.0699. The third kappa shape index (κ3) is 3.32. The second-order valence-electron chi connectivity index (χ2n) is 4.40. The second kappa shape index (κ2) is 6.01. The number of alkyl halides is 1. The Hall–Kier alpha value is -0.350. The van der Waals surface area contributed by atoms with E-state index in [-0.39, 0.29) is 5.91 Å². The summed E-state index contributed by atoms with van der Waals surface area (Å²) >= 11 is 6.89. The first-order valence-electron chi connectivity index (χ1n) is 5.81. The smallest absolute Gasteiger partial charge is 0.253 e. The van der Waals surface area contributed by atoms with Crippen molar-refractivity contribution in [2.24, 2.45) is 5.92 Å². The van der Waals surface area contributed by atoms with Crippen LogP contribution in [0.1, 0.15) is 23.2 Å². The monoisotopic (exact) mass is 359 g/mol. The molecule has 17 heavy (non-hydrogen) atoms. The van der Waals surface area contributed by atoms with Gasteiger partial charge in [-0.05, 0) is 43.0 Å². The number of halogens is 2. The summed E-state index contributed by atoms with van der Waals surface area (Å²) < 4.78 is 1.01. The van der Waals surface area contributed by atoms with E-state index >= 15 is 0 Å². The van der Waals surface area contributed by atoms with E-state index in [0.717, 1.165) is 47.2 Å². The molecule has 0 N–H and O–H groups in total. The lowest BCUT2D eigenvalue weighted by Gasteiger charge is -2.31. The van der Waals surface area contributed by atoms with Gasteiger partial charge in [0.25, 0.3) is 5.91 Å². The molecule has 2 nitrogen and oxygen atoms in total. The zero-order valence-electron chi connectivity index (χ0n) is 9.53. The van der Waals surface area contributed by atoms with E-state index in [1.165, 1.54) is 0 Å². The van der Waals surface area contributed by atoms with Crippen LogP contribution >= 0.6 is 31.9 Å². The number of nitrogens with zero attached hydrogens (tertiary/aromatic N) is 1. The van der Waals surface area contributed by atoms with Crippen LogP contribution in [0.3, 0.4) is 0 Å². The zero-order valence-corrected chi connectivity index (χ0v) is 12.7. The van der Waals surface area contributed by atoms with Crippen LogP contribution in [0.2, 0.25) is 0 Å². The molecule has 1 fully saturated rings. The van der Waals surface area contributed by atoms with Gasteiger partial charge < -0.3 is 4.90 Å². The highest BCUT2D eigenvalue weighted by Crippen LogP contribution is 2.21. The van der Waals surface area contributed by atoms with Crippen LogP contribution in [0.4, 0.5) is 0 Å². The summed E-state index contributed by atoms with van der Waals surface area (Å²) in [7, 11) is 0. The topological polar surface area (TPSA) is 20.3 Å². The van der Waals surface area contributed by atoms with Crippen LogP contribution in [-0.2, 0) is 0 Å². The van der Waals surface area contributed by atoms with Crippen molar-refractivity contribution in [1.29, 1.82) is 0 Å². The molecule has 1 amide bonds. The van der Waals surface area contributed by atoms with Gasteiger partial charge >= 0.3 is 0 Å². The maximum Gasteiger partial charge on any atom is 0.253 e. The largest absolute Gasteiger partial charge is 0.339 e. The number of amides is 1. The van der Waals surface area contributed by atoms with Crippen molar-refractivity contribution in [3.63, 3.8) is 0 Å². The number of piperidine rings is 1. The predicted octanol–water partition coefficient (Wildman–Crippen LogP) is 3.70. The molecule has 1 heterocycles. The molecule has 0 atom stereocenters. The van der Waals surface area contributed by atoms with Crippen LogP contribution in [0.25, 0.3) is 0 Å². The van der Waals surface area contributed by atoms with E-state index in [1.54, 1.807) is 0 Å². The summed E-state index contributed by atoms with van der Waals surface area (Å²) in [5.41, 5.74) is 0.783. The maximum absolute atomic E-state index is 12.2. The number of hydrogen-bond donors (Lipinski definition) is 0. The molecular formula is C13H15Br2NO. The van der Waals surface area contributed by atoms with Gasteiger partial charge in [0.05, 0.1) is 0 Å². The van der Waals surface area contributed by atoms with E-state index in [9.17, 15) is 4.79 Å². The highest BCUT2D eigenvalue weighted by atomic mass is 79.9. The first kappa shape index (κ1) is 13.1. The summed E-state index contributed by atoms with van der Waals surface area (Å²) in [6.07, 6.45) is 2.21. The van der Waals surface area contributed by atoms with Crippen molar-refractivity contribution in [3.8, 4) is 0 Å². The van der Waals surface area contributed by atoms with Gasteiger partial charge in [0.2, 0.25) is 0 Å². The fourth-order valence-corrected chi connectivity index (χ4v) is 2.98. The Morgan fingerprint density at radius 2 is 1.82 bits per heavy atom. The van der Waals surface area contributed by atoms with E-state index in [4.69, 9.17) is 0 Å². The van der Waals surface area contributed by atoms with Crippen LogP contribution < -0.4 is 0 Å². The molecule has 0 aliphatic carbocycles. The number of rotatable bonds is 2. The highest BCUT2D eigenvalue weighted by molar-refractivity contribution is 9.10. The molecule has 0 saturated carbocycles. The lowest BCUT2D eigenvalue weighted by Crippen LogP contribution is -2.38. The van der Waals surface area contributed by atoms with Crippen molar-refractivity contribution < 1.29 is 4.79 Å². The first-order chi connectivity index (χ1) is 8.20. The van der Waals surface area contributed by atoms with E-state index in [0.29, 0.717) is 0 Å². The number of likely N-dealkylation sites (tertiary alicyclic amines) is 1. The minimum atomic E-state index is 0.158. The van der Waals surface area contributed by atoms with Crippen molar-refractivity contribution in [3.05, 3.63) is 34.3 Å². The molecule has 1 saturated heterocycles. The normalized spacial score (nSPS) is 17.2. The number of benzene rings is 1. The van der Waals surface area contributed by atoms with Crippen LogP contribution in [-0.4, -0.2) is 29.2 Å². The van der Waals surface area contributed by atoms with Gasteiger partial charge in [0, 0.05) is 28.5 Å². The van der Waals surface area contributed by atoms with Crippen molar-refractivity contribution in [1.82, 2.24) is 4.90 Å². The zero-order chi connectivity index (χ0) is 12.3. The minimum Gasteiger partial charge on any atom is -0.339 e. The first-order valence-corrected chi connectivity index (χ1v) is 7.73. The Balaban J connectivity index is 1.99. The molecule has 0 aromatic heterocycles. The highest BCUT2D eigenvalue weighted by Gasteiger charge is 2.22. The molecule has 1 aromatic carbocycles. The molecule has 0 spiro atoms. The van der Waals surface area contributed by atoms with Gasteiger partial charge in [-0.2, -0.15) is 0 Å². The number of hydrogen-bond acceptors (Lipinski definition) is 1. The molecule has 4 heteroatoms. The van der Waals surface area contributed by atoms with E-state index in [1.807, 2.05) is 29.2 Å². The fraction of sp³-hybridized carbons (Fsp3) is 0.462. The SMILES string of the molecule is O=C(c1ccc(Br)cc1)N1CCC(CBr)CC1. The molecule has 0 unspecified atom stereocenters. The van der Waals surface area contributed by atoms with E-state index in [2.05, 4.69) is 31.9 Å². The predicted molar refractivity (Wildman–Crippen MR) is 76.6 cm³/mol. The van der Waals surface area contributed by atoms with Crippen LogP contribution in [0, 0.1) is 5.92 Å². The number of carbonyl (C=O) groups excluding carboxylic acids is 1. The standard InChI is InChI=1S/C13H15Br2NO/c14-9-10-5-7-16(8-6-10)13(17)11-1-3-12(15)4-2-11/h1-4,10H,5-9H2. The summed E-state index contributed by atoms with van der Waals surface area (Å²) in [5.74, 6) is 0.884. The average molecular weight is 361 g/mol. The second-order valence-corrected chi connectivity index (χ2v) is 5.96. The Morgan fingerprint density at radius 1 is 1.24 bits per heavy atom. The van der Waals surface area contributed by atoms with E-state index < -0.39 is 0 Å². The third-order valence-electron chi connectivity index (χ3n) is 3.21. The molecule has 1 aliphatic rings. The van der Waals surface area contributed by atoms with Crippen molar-refractivity contribution >= 4 is 37.8 Å². The Morgan fingerprint density at radius 3 is 2.35 bits per heavy atom. The molecular weight excluding hydrogens is 346 g/mol. The maximum atomic E-state index is 12.2. The summed E-state index contributed by atoms with van der Waals surface area (Å²) in [4.78, 5) is 14.2. The minimum absolute atomic E-state index is 0.158.